The van der Waals surface area contributed by atoms with Crippen LogP contribution in [0.2, 0.25) is 0 Å². The molecule has 3 rings (SSSR count). The highest BCUT2D eigenvalue weighted by Crippen LogP contribution is 2.32. The fourth-order valence-corrected chi connectivity index (χ4v) is 3.69. The van der Waals surface area contributed by atoms with Crippen molar-refractivity contribution in [3.05, 3.63) is 57.3 Å². The van der Waals surface area contributed by atoms with Gasteiger partial charge in [0.05, 0.1) is 10.5 Å². The Morgan fingerprint density at radius 1 is 1.33 bits per heavy atom. The van der Waals surface area contributed by atoms with Crippen molar-refractivity contribution in [1.29, 1.82) is 0 Å². The highest BCUT2D eigenvalue weighted by molar-refractivity contribution is 7.12. The normalized spacial score (nSPS) is 15.7. The van der Waals surface area contributed by atoms with Crippen molar-refractivity contribution in [2.45, 2.75) is 25.4 Å². The van der Waals surface area contributed by atoms with E-state index in [1.54, 1.807) is 7.11 Å². The van der Waals surface area contributed by atoms with Crippen molar-refractivity contribution in [3.8, 4) is 0 Å². The number of rotatable bonds is 4. The van der Waals surface area contributed by atoms with Gasteiger partial charge in [-0.05, 0) is 35.1 Å². The zero-order chi connectivity index (χ0) is 14.9. The largest absolute Gasteiger partial charge is 0.376 e. The van der Waals surface area contributed by atoms with Gasteiger partial charge in [0, 0.05) is 26.5 Å². The number of ether oxygens (including phenoxy) is 1. The molecule has 2 aromatic rings. The van der Waals surface area contributed by atoms with Crippen molar-refractivity contribution >= 4 is 17.2 Å². The topological polar surface area (TPSA) is 38.3 Å². The molecule has 0 unspecified atom stereocenters. The third kappa shape index (κ3) is 2.87. The molecule has 1 heterocycles. The Bertz CT molecular complexity index is 637. The Labute approximate surface area is 129 Å². The molecular formula is C17H19NO2S. The third-order valence-electron chi connectivity index (χ3n) is 4.10. The van der Waals surface area contributed by atoms with Crippen LogP contribution >= 0.6 is 11.3 Å². The van der Waals surface area contributed by atoms with Crippen LogP contribution in [0.3, 0.4) is 0 Å². The average Bonchev–Trinajstić information content (AvgIpc) is 3.08. The van der Waals surface area contributed by atoms with Crippen LogP contribution in [0.4, 0.5) is 0 Å². The second kappa shape index (κ2) is 5.62. The molecule has 21 heavy (non-hydrogen) atoms. The first-order valence-corrected chi connectivity index (χ1v) is 7.95. The fraction of sp³-hybridized carbons (Fsp3) is 0.353. The van der Waals surface area contributed by atoms with Gasteiger partial charge in [-0.1, -0.05) is 24.3 Å². The second-order valence-corrected chi connectivity index (χ2v) is 6.59. The van der Waals surface area contributed by atoms with Crippen molar-refractivity contribution in [2.75, 3.05) is 13.7 Å². The van der Waals surface area contributed by atoms with E-state index in [9.17, 15) is 4.79 Å². The number of aryl methyl sites for hydroxylation is 1. The van der Waals surface area contributed by atoms with Gasteiger partial charge < -0.3 is 10.1 Å². The Hall–Kier alpha value is -1.65. The Morgan fingerprint density at radius 2 is 2.00 bits per heavy atom. The van der Waals surface area contributed by atoms with Crippen LogP contribution in [0.15, 0.2) is 35.7 Å². The summed E-state index contributed by atoms with van der Waals surface area (Å²) in [6.07, 6.45) is 1.70. The van der Waals surface area contributed by atoms with Crippen molar-refractivity contribution < 1.29 is 9.53 Å². The van der Waals surface area contributed by atoms with Crippen LogP contribution in [0.1, 0.15) is 26.4 Å². The minimum atomic E-state index is -0.314. The molecule has 4 heteroatoms. The molecular weight excluding hydrogens is 282 g/mol. The smallest absolute Gasteiger partial charge is 0.261 e. The minimum absolute atomic E-state index is 0.0134. The Morgan fingerprint density at radius 3 is 2.52 bits per heavy atom. The number of amides is 1. The number of carbonyl (C=O) groups excluding carboxylic acids is 1. The van der Waals surface area contributed by atoms with Gasteiger partial charge in [-0.2, -0.15) is 0 Å². The quantitative estimate of drug-likeness (QED) is 0.943. The van der Waals surface area contributed by atoms with Gasteiger partial charge in [-0.3, -0.25) is 4.79 Å². The van der Waals surface area contributed by atoms with Gasteiger partial charge in [0.1, 0.15) is 0 Å². The summed E-state index contributed by atoms with van der Waals surface area (Å²) in [5.74, 6) is -0.0134. The molecule has 0 spiro atoms. The summed E-state index contributed by atoms with van der Waals surface area (Å²) < 4.78 is 5.76. The van der Waals surface area contributed by atoms with E-state index in [4.69, 9.17) is 4.74 Å². The highest BCUT2D eigenvalue weighted by atomic mass is 32.1. The first kappa shape index (κ1) is 14.3. The lowest BCUT2D eigenvalue weighted by atomic mass is 10.00. The molecule has 0 saturated heterocycles. The van der Waals surface area contributed by atoms with Gasteiger partial charge in [-0.15, -0.1) is 11.3 Å². The number of nitrogens with one attached hydrogen (secondary N) is 1. The van der Waals surface area contributed by atoms with E-state index in [-0.39, 0.29) is 11.5 Å². The van der Waals surface area contributed by atoms with Gasteiger partial charge in [-0.25, -0.2) is 0 Å². The number of methoxy groups -OCH3 is 1. The third-order valence-corrected chi connectivity index (χ3v) is 5.15. The summed E-state index contributed by atoms with van der Waals surface area (Å²) in [4.78, 5) is 12.9. The molecule has 0 aliphatic heterocycles. The molecule has 0 bridgehead atoms. The van der Waals surface area contributed by atoms with Gasteiger partial charge >= 0.3 is 0 Å². The molecule has 1 N–H and O–H groups in total. The molecule has 1 aliphatic rings. The van der Waals surface area contributed by atoms with Crippen molar-refractivity contribution in [1.82, 2.24) is 5.32 Å². The molecule has 110 valence electrons. The summed E-state index contributed by atoms with van der Waals surface area (Å²) in [5.41, 5.74) is 3.45. The lowest BCUT2D eigenvalue weighted by Crippen LogP contribution is -2.45. The molecule has 3 nitrogen and oxygen atoms in total. The van der Waals surface area contributed by atoms with Crippen LogP contribution < -0.4 is 5.32 Å². The van der Waals surface area contributed by atoms with Crippen LogP contribution in [0, 0.1) is 6.92 Å². The summed E-state index contributed by atoms with van der Waals surface area (Å²) in [7, 11) is 1.73. The maximum atomic E-state index is 12.2. The van der Waals surface area contributed by atoms with Crippen molar-refractivity contribution in [2.24, 2.45) is 0 Å². The van der Waals surface area contributed by atoms with E-state index < -0.39 is 0 Å². The monoisotopic (exact) mass is 301 g/mol. The van der Waals surface area contributed by atoms with E-state index in [0.717, 1.165) is 23.3 Å². The number of hydrogen-bond donors (Lipinski definition) is 1. The Kier molecular flexibility index (Phi) is 3.83. The molecule has 1 aromatic heterocycles. The highest BCUT2D eigenvalue weighted by Gasteiger charge is 2.37. The summed E-state index contributed by atoms with van der Waals surface area (Å²) >= 11 is 1.48. The van der Waals surface area contributed by atoms with E-state index in [1.165, 1.54) is 22.5 Å². The number of carbonyl (C=O) groups is 1. The van der Waals surface area contributed by atoms with E-state index in [2.05, 4.69) is 29.6 Å². The number of hydrogen-bond acceptors (Lipinski definition) is 3. The number of thiophene rings is 1. The zero-order valence-electron chi connectivity index (χ0n) is 12.3. The van der Waals surface area contributed by atoms with E-state index in [1.807, 2.05) is 18.4 Å². The number of fused-ring (bicyclic) bond motifs is 1. The van der Waals surface area contributed by atoms with Crippen LogP contribution in [-0.4, -0.2) is 25.2 Å². The predicted molar refractivity (Wildman–Crippen MR) is 85.0 cm³/mol. The van der Waals surface area contributed by atoms with Crippen LogP contribution in [0.5, 0.6) is 0 Å². The Balaban J connectivity index is 1.68. The van der Waals surface area contributed by atoms with Gasteiger partial charge in [0.2, 0.25) is 0 Å². The second-order valence-electron chi connectivity index (χ2n) is 5.68. The predicted octanol–water partition coefficient (Wildman–Crippen LogP) is 2.97. The molecule has 0 fully saturated rings. The molecule has 0 saturated carbocycles. The summed E-state index contributed by atoms with van der Waals surface area (Å²) in [6, 6.07) is 10.3. The minimum Gasteiger partial charge on any atom is -0.376 e. The van der Waals surface area contributed by atoms with Crippen LogP contribution in [-0.2, 0) is 17.6 Å². The van der Waals surface area contributed by atoms with Crippen molar-refractivity contribution in [3.63, 3.8) is 0 Å². The summed E-state index contributed by atoms with van der Waals surface area (Å²) in [5, 5.41) is 5.02. The average molecular weight is 301 g/mol. The SMILES string of the molecule is COC1(CNC(=O)c2cc(C)cs2)Cc2ccccc2C1. The van der Waals surface area contributed by atoms with Crippen LogP contribution in [0.25, 0.3) is 0 Å². The molecule has 1 aliphatic carbocycles. The van der Waals surface area contributed by atoms with Gasteiger partial charge in [0.15, 0.2) is 0 Å². The molecule has 1 aromatic carbocycles. The first-order valence-electron chi connectivity index (χ1n) is 7.07. The van der Waals surface area contributed by atoms with E-state index in [0.29, 0.717) is 6.54 Å². The molecule has 0 radical (unpaired) electrons. The maximum absolute atomic E-state index is 12.2. The zero-order valence-corrected chi connectivity index (χ0v) is 13.1. The summed E-state index contributed by atoms with van der Waals surface area (Å²) in [6.45, 7) is 2.53. The standard InChI is InChI=1S/C17H19NO2S/c1-12-7-15(21-10-12)16(19)18-11-17(20-2)8-13-5-3-4-6-14(13)9-17/h3-7,10H,8-9,11H2,1-2H3,(H,18,19). The molecule has 0 atom stereocenters. The molecule has 1 amide bonds. The van der Waals surface area contributed by atoms with E-state index >= 15 is 0 Å². The fourth-order valence-electron chi connectivity index (χ4n) is 2.88. The maximum Gasteiger partial charge on any atom is 0.261 e. The lowest BCUT2D eigenvalue weighted by Gasteiger charge is -2.27. The number of benzene rings is 1. The lowest BCUT2D eigenvalue weighted by molar-refractivity contribution is 0.000210. The first-order chi connectivity index (χ1) is 10.1. The van der Waals surface area contributed by atoms with Gasteiger partial charge in [0.25, 0.3) is 5.91 Å².